The Kier molecular flexibility index (Phi) is 7.15. The predicted molar refractivity (Wildman–Crippen MR) is 82.0 cm³/mol. The molecule has 1 N–H and O–H groups in total. The molecule has 0 bridgehead atoms. The van der Waals surface area contributed by atoms with E-state index >= 15 is 0 Å². The SMILES string of the molecule is CCC[C@@H](C(=O)OCC)C(C)=NNC(=O)c1ccccc1. The minimum atomic E-state index is -0.411. The van der Waals surface area contributed by atoms with Crippen LogP contribution in [0.1, 0.15) is 44.0 Å². The van der Waals surface area contributed by atoms with Crippen molar-refractivity contribution in [2.45, 2.75) is 33.6 Å². The molecule has 1 aromatic rings. The van der Waals surface area contributed by atoms with Gasteiger partial charge in [-0.2, -0.15) is 5.10 Å². The van der Waals surface area contributed by atoms with Crippen LogP contribution in [0.3, 0.4) is 0 Å². The minimum absolute atomic E-state index is 0.297. The van der Waals surface area contributed by atoms with Gasteiger partial charge in [-0.05, 0) is 32.4 Å². The van der Waals surface area contributed by atoms with Crippen molar-refractivity contribution in [1.82, 2.24) is 5.43 Å². The fraction of sp³-hybridized carbons (Fsp3) is 0.438. The Balaban J connectivity index is 2.72. The maximum absolute atomic E-state index is 11.9. The summed E-state index contributed by atoms with van der Waals surface area (Å²) < 4.78 is 5.04. The van der Waals surface area contributed by atoms with Gasteiger partial charge in [0.2, 0.25) is 0 Å². The van der Waals surface area contributed by atoms with E-state index in [1.165, 1.54) is 0 Å². The molecule has 0 radical (unpaired) electrons. The van der Waals surface area contributed by atoms with Crippen molar-refractivity contribution in [2.24, 2.45) is 11.0 Å². The third-order valence-electron chi connectivity index (χ3n) is 3.02. The van der Waals surface area contributed by atoms with Crippen molar-refractivity contribution in [3.63, 3.8) is 0 Å². The topological polar surface area (TPSA) is 67.8 Å². The second kappa shape index (κ2) is 8.89. The van der Waals surface area contributed by atoms with Gasteiger partial charge in [0, 0.05) is 11.3 Å². The average molecular weight is 290 g/mol. The molecule has 0 aromatic heterocycles. The molecule has 5 nitrogen and oxygen atoms in total. The normalized spacial score (nSPS) is 12.6. The standard InChI is InChI=1S/C16H22N2O3/c1-4-9-14(16(20)21-5-2)12(3)17-18-15(19)13-10-7-6-8-11-13/h6-8,10-11,14H,4-5,9H2,1-3H3,(H,18,19)/t14-/m1/s1. The fourth-order valence-electron chi connectivity index (χ4n) is 1.90. The number of ether oxygens (including phenoxy) is 1. The van der Waals surface area contributed by atoms with E-state index in [1.807, 2.05) is 13.0 Å². The molecule has 0 saturated carbocycles. The Hall–Kier alpha value is -2.17. The van der Waals surface area contributed by atoms with E-state index < -0.39 is 5.92 Å². The van der Waals surface area contributed by atoms with Crippen LogP contribution >= 0.6 is 0 Å². The van der Waals surface area contributed by atoms with Crippen molar-refractivity contribution >= 4 is 17.6 Å². The molecule has 1 rings (SSSR count). The van der Waals surface area contributed by atoms with Crippen LogP contribution < -0.4 is 5.43 Å². The highest BCUT2D eigenvalue weighted by Gasteiger charge is 2.22. The summed E-state index contributed by atoms with van der Waals surface area (Å²) >= 11 is 0. The summed E-state index contributed by atoms with van der Waals surface area (Å²) in [6.45, 7) is 5.82. The van der Waals surface area contributed by atoms with E-state index in [-0.39, 0.29) is 11.9 Å². The molecular formula is C16H22N2O3. The zero-order valence-electron chi connectivity index (χ0n) is 12.8. The Morgan fingerprint density at radius 3 is 2.48 bits per heavy atom. The van der Waals surface area contributed by atoms with Gasteiger partial charge in [0.25, 0.3) is 5.91 Å². The van der Waals surface area contributed by atoms with E-state index in [9.17, 15) is 9.59 Å². The van der Waals surface area contributed by atoms with Crippen LogP contribution in [-0.2, 0) is 9.53 Å². The number of carbonyl (C=O) groups is 2. The fourth-order valence-corrected chi connectivity index (χ4v) is 1.90. The lowest BCUT2D eigenvalue weighted by molar-refractivity contribution is -0.145. The first-order chi connectivity index (χ1) is 10.1. The van der Waals surface area contributed by atoms with Crippen LogP contribution in [0.5, 0.6) is 0 Å². The van der Waals surface area contributed by atoms with Gasteiger partial charge in [-0.1, -0.05) is 31.5 Å². The van der Waals surface area contributed by atoms with Crippen LogP contribution in [-0.4, -0.2) is 24.2 Å². The van der Waals surface area contributed by atoms with Crippen molar-refractivity contribution in [2.75, 3.05) is 6.61 Å². The third kappa shape index (κ3) is 5.38. The number of amides is 1. The summed E-state index contributed by atoms with van der Waals surface area (Å²) in [5.41, 5.74) is 3.56. The number of hydrazone groups is 1. The number of hydrogen-bond acceptors (Lipinski definition) is 4. The van der Waals surface area contributed by atoms with Gasteiger partial charge in [0.1, 0.15) is 0 Å². The van der Waals surface area contributed by atoms with E-state index in [1.54, 1.807) is 38.1 Å². The van der Waals surface area contributed by atoms with E-state index in [0.29, 0.717) is 24.3 Å². The summed E-state index contributed by atoms with van der Waals surface area (Å²) in [6.07, 6.45) is 1.48. The van der Waals surface area contributed by atoms with Gasteiger partial charge in [0.05, 0.1) is 12.5 Å². The van der Waals surface area contributed by atoms with Crippen LogP contribution in [0.25, 0.3) is 0 Å². The zero-order chi connectivity index (χ0) is 15.7. The smallest absolute Gasteiger partial charge is 0.314 e. The van der Waals surface area contributed by atoms with Crippen molar-refractivity contribution < 1.29 is 14.3 Å². The average Bonchev–Trinajstić information content (AvgIpc) is 2.51. The molecule has 0 fully saturated rings. The summed E-state index contributed by atoms with van der Waals surface area (Å²) in [5, 5.41) is 4.04. The predicted octanol–water partition coefficient (Wildman–Crippen LogP) is 2.77. The van der Waals surface area contributed by atoms with Crippen molar-refractivity contribution in [3.8, 4) is 0 Å². The van der Waals surface area contributed by atoms with Gasteiger partial charge in [0.15, 0.2) is 0 Å². The van der Waals surface area contributed by atoms with Crippen LogP contribution in [0.15, 0.2) is 35.4 Å². The molecule has 21 heavy (non-hydrogen) atoms. The molecule has 1 aromatic carbocycles. The quantitative estimate of drug-likeness (QED) is 0.477. The maximum atomic E-state index is 11.9. The maximum Gasteiger partial charge on any atom is 0.314 e. The molecule has 1 amide bonds. The number of benzene rings is 1. The third-order valence-corrected chi connectivity index (χ3v) is 3.02. The Morgan fingerprint density at radius 1 is 1.24 bits per heavy atom. The first-order valence-corrected chi connectivity index (χ1v) is 7.16. The number of rotatable bonds is 7. The highest BCUT2D eigenvalue weighted by atomic mass is 16.5. The van der Waals surface area contributed by atoms with Crippen LogP contribution in [0.2, 0.25) is 0 Å². The Labute approximate surface area is 125 Å². The minimum Gasteiger partial charge on any atom is -0.465 e. The Bertz CT molecular complexity index is 498. The molecule has 0 aliphatic carbocycles. The molecule has 0 unspecified atom stereocenters. The number of carbonyl (C=O) groups excluding carboxylic acids is 2. The van der Waals surface area contributed by atoms with Gasteiger partial charge < -0.3 is 4.74 Å². The molecule has 0 aliphatic heterocycles. The van der Waals surface area contributed by atoms with Crippen molar-refractivity contribution in [1.29, 1.82) is 0 Å². The highest BCUT2D eigenvalue weighted by Crippen LogP contribution is 2.11. The van der Waals surface area contributed by atoms with Crippen LogP contribution in [0, 0.1) is 5.92 Å². The summed E-state index contributed by atoms with van der Waals surface area (Å²) in [6, 6.07) is 8.81. The van der Waals surface area contributed by atoms with Crippen LogP contribution in [0.4, 0.5) is 0 Å². The summed E-state index contributed by atoms with van der Waals surface area (Å²) in [5.74, 6) is -1.00. The second-order valence-corrected chi connectivity index (χ2v) is 4.65. The molecule has 0 spiro atoms. The zero-order valence-corrected chi connectivity index (χ0v) is 12.8. The molecule has 1 atom stereocenters. The van der Waals surface area contributed by atoms with Crippen molar-refractivity contribution in [3.05, 3.63) is 35.9 Å². The number of hydrogen-bond donors (Lipinski definition) is 1. The number of nitrogens with one attached hydrogen (secondary N) is 1. The van der Waals surface area contributed by atoms with Gasteiger partial charge in [-0.15, -0.1) is 0 Å². The van der Waals surface area contributed by atoms with Gasteiger partial charge >= 0.3 is 5.97 Å². The van der Waals surface area contributed by atoms with Gasteiger partial charge in [-0.3, -0.25) is 9.59 Å². The number of esters is 1. The van der Waals surface area contributed by atoms with E-state index in [0.717, 1.165) is 6.42 Å². The molecule has 0 saturated heterocycles. The molecule has 5 heteroatoms. The monoisotopic (exact) mass is 290 g/mol. The molecule has 0 heterocycles. The first kappa shape index (κ1) is 16.9. The van der Waals surface area contributed by atoms with Gasteiger partial charge in [-0.25, -0.2) is 5.43 Å². The second-order valence-electron chi connectivity index (χ2n) is 4.65. The lowest BCUT2D eigenvalue weighted by atomic mass is 9.99. The largest absolute Gasteiger partial charge is 0.465 e. The lowest BCUT2D eigenvalue weighted by Crippen LogP contribution is -2.27. The summed E-state index contributed by atoms with van der Waals surface area (Å²) in [4.78, 5) is 23.8. The van der Waals surface area contributed by atoms with E-state index in [4.69, 9.17) is 4.74 Å². The molecule has 114 valence electrons. The lowest BCUT2D eigenvalue weighted by Gasteiger charge is -2.14. The summed E-state index contributed by atoms with van der Waals surface area (Å²) in [7, 11) is 0. The van der Waals surface area contributed by atoms with E-state index in [2.05, 4.69) is 10.5 Å². The first-order valence-electron chi connectivity index (χ1n) is 7.16. The Morgan fingerprint density at radius 2 is 1.90 bits per heavy atom. The number of nitrogens with zero attached hydrogens (tertiary/aromatic N) is 1. The highest BCUT2D eigenvalue weighted by molar-refractivity contribution is 6.02. The molecular weight excluding hydrogens is 268 g/mol. The molecule has 0 aliphatic rings.